The number of hydrogen-bond acceptors (Lipinski definition) is 2. The Bertz CT molecular complexity index is 575. The van der Waals surface area contributed by atoms with E-state index >= 15 is 0 Å². The molecule has 1 aromatic carbocycles. The van der Waals surface area contributed by atoms with Crippen LogP contribution in [0.5, 0.6) is 0 Å². The summed E-state index contributed by atoms with van der Waals surface area (Å²) in [5.74, 6) is -1.85. The molecule has 88 valence electrons. The van der Waals surface area contributed by atoms with Crippen LogP contribution in [0.15, 0.2) is 18.2 Å². The molecule has 0 saturated heterocycles. The molecule has 7 heteroatoms. The van der Waals surface area contributed by atoms with Gasteiger partial charge in [-0.3, -0.25) is 5.10 Å². The van der Waals surface area contributed by atoms with Crippen LogP contribution in [-0.4, -0.2) is 21.3 Å². The van der Waals surface area contributed by atoms with Crippen molar-refractivity contribution in [1.82, 2.24) is 10.2 Å². The molecule has 0 atom stereocenters. The molecule has 0 spiro atoms. The molecule has 0 bridgehead atoms. The maximum Gasteiger partial charge on any atom is 0.353 e. The first-order chi connectivity index (χ1) is 7.99. The van der Waals surface area contributed by atoms with Gasteiger partial charge in [-0.2, -0.15) is 5.10 Å². The fraction of sp³-hybridized carbons (Fsp3) is 0. The average Bonchev–Trinajstić information content (AvgIpc) is 2.74. The first-order valence-electron chi connectivity index (χ1n) is 4.42. The van der Waals surface area contributed by atoms with Crippen LogP contribution in [-0.2, 0) is 0 Å². The third-order valence-electron chi connectivity index (χ3n) is 2.09. The fourth-order valence-electron chi connectivity index (χ4n) is 1.28. The molecule has 2 rings (SSSR count). The number of aromatic nitrogens is 2. The van der Waals surface area contributed by atoms with Gasteiger partial charge in [0.25, 0.3) is 0 Å². The summed E-state index contributed by atoms with van der Waals surface area (Å²) in [5.41, 5.74) is 0.688. The number of nitrogens with one attached hydrogen (secondary N) is 1. The Hall–Kier alpha value is -1.59. The quantitative estimate of drug-likeness (QED) is 0.827. The number of aromatic carboxylic acids is 1. The summed E-state index contributed by atoms with van der Waals surface area (Å²) >= 11 is 11.2. The van der Waals surface area contributed by atoms with Crippen molar-refractivity contribution in [3.63, 3.8) is 0 Å². The molecular weight excluding hydrogens is 270 g/mol. The number of hydrogen-bond donors (Lipinski definition) is 2. The molecule has 1 aromatic heterocycles. The molecule has 0 radical (unpaired) electrons. The number of H-pyrrole nitrogens is 1. The van der Waals surface area contributed by atoms with Crippen LogP contribution in [0.25, 0.3) is 11.3 Å². The fourth-order valence-corrected chi connectivity index (χ4v) is 1.77. The average molecular weight is 275 g/mol. The maximum absolute atomic E-state index is 13.2. The van der Waals surface area contributed by atoms with Crippen LogP contribution in [0.4, 0.5) is 4.39 Å². The number of aromatic amines is 1. The number of carboxylic acids is 1. The van der Waals surface area contributed by atoms with E-state index in [1.165, 1.54) is 18.2 Å². The van der Waals surface area contributed by atoms with Crippen LogP contribution in [0, 0.1) is 5.82 Å². The molecule has 0 aliphatic carbocycles. The zero-order valence-electron chi connectivity index (χ0n) is 8.17. The van der Waals surface area contributed by atoms with Crippen LogP contribution >= 0.6 is 23.2 Å². The van der Waals surface area contributed by atoms with Gasteiger partial charge in [-0.05, 0) is 18.2 Å². The standard InChI is InChI=1S/C10H5Cl2FN2O2/c11-5-1-4(2-6(12)9(5)13)7-3-8(10(16)17)15-14-7/h1-3H,(H,14,15)(H,16,17). The molecule has 0 fully saturated rings. The molecule has 0 aliphatic rings. The molecule has 1 heterocycles. The van der Waals surface area contributed by atoms with Gasteiger partial charge in [0.2, 0.25) is 0 Å². The van der Waals surface area contributed by atoms with Gasteiger partial charge in [-0.15, -0.1) is 0 Å². The minimum Gasteiger partial charge on any atom is -0.477 e. The van der Waals surface area contributed by atoms with E-state index in [1.54, 1.807) is 0 Å². The Morgan fingerprint density at radius 3 is 2.35 bits per heavy atom. The Morgan fingerprint density at radius 2 is 1.88 bits per heavy atom. The van der Waals surface area contributed by atoms with Gasteiger partial charge < -0.3 is 5.11 Å². The summed E-state index contributed by atoms with van der Waals surface area (Å²) in [6.45, 7) is 0. The number of nitrogens with zero attached hydrogens (tertiary/aromatic N) is 1. The van der Waals surface area contributed by atoms with Crippen molar-refractivity contribution in [3.05, 3.63) is 39.8 Å². The predicted molar refractivity (Wildman–Crippen MR) is 61.0 cm³/mol. The number of halogens is 3. The zero-order valence-corrected chi connectivity index (χ0v) is 9.68. The molecule has 4 nitrogen and oxygen atoms in total. The van der Waals surface area contributed by atoms with Crippen molar-refractivity contribution < 1.29 is 14.3 Å². The lowest BCUT2D eigenvalue weighted by Crippen LogP contribution is -1.95. The Morgan fingerprint density at radius 1 is 1.29 bits per heavy atom. The molecule has 17 heavy (non-hydrogen) atoms. The minimum absolute atomic E-state index is 0.0726. The summed E-state index contributed by atoms with van der Waals surface area (Å²) in [6.07, 6.45) is 0. The van der Waals surface area contributed by atoms with Crippen molar-refractivity contribution in [3.8, 4) is 11.3 Å². The lowest BCUT2D eigenvalue weighted by Gasteiger charge is -2.01. The third kappa shape index (κ3) is 2.25. The Labute approximate surface area is 105 Å². The van der Waals surface area contributed by atoms with Gasteiger partial charge in [0.1, 0.15) is 5.69 Å². The second-order valence-corrected chi connectivity index (χ2v) is 4.04. The van der Waals surface area contributed by atoms with E-state index in [0.29, 0.717) is 11.3 Å². The van der Waals surface area contributed by atoms with Gasteiger partial charge in [0.15, 0.2) is 5.82 Å². The summed E-state index contributed by atoms with van der Waals surface area (Å²) < 4.78 is 13.2. The van der Waals surface area contributed by atoms with Crippen LogP contribution < -0.4 is 0 Å². The van der Waals surface area contributed by atoms with Gasteiger partial charge in [0.05, 0.1) is 15.7 Å². The first-order valence-corrected chi connectivity index (χ1v) is 5.18. The largest absolute Gasteiger partial charge is 0.477 e. The molecule has 0 aliphatic heterocycles. The van der Waals surface area contributed by atoms with Crippen molar-refractivity contribution in [2.45, 2.75) is 0 Å². The lowest BCUT2D eigenvalue weighted by molar-refractivity contribution is 0.0690. The van der Waals surface area contributed by atoms with Crippen LogP contribution in [0.3, 0.4) is 0 Å². The van der Waals surface area contributed by atoms with E-state index in [4.69, 9.17) is 28.3 Å². The van der Waals surface area contributed by atoms with Gasteiger partial charge in [-0.25, -0.2) is 9.18 Å². The van der Waals surface area contributed by atoms with E-state index < -0.39 is 11.8 Å². The lowest BCUT2D eigenvalue weighted by atomic mass is 10.1. The van der Waals surface area contributed by atoms with Gasteiger partial charge in [-0.1, -0.05) is 23.2 Å². The highest BCUT2D eigenvalue weighted by atomic mass is 35.5. The van der Waals surface area contributed by atoms with Crippen LogP contribution in [0.2, 0.25) is 10.0 Å². The smallest absolute Gasteiger partial charge is 0.353 e. The van der Waals surface area contributed by atoms with Crippen molar-refractivity contribution in [2.24, 2.45) is 0 Å². The highest BCUT2D eigenvalue weighted by Gasteiger charge is 2.13. The van der Waals surface area contributed by atoms with Crippen molar-refractivity contribution >= 4 is 29.2 Å². The van der Waals surface area contributed by atoms with E-state index in [-0.39, 0.29) is 15.7 Å². The molecule has 0 unspecified atom stereocenters. The van der Waals surface area contributed by atoms with Gasteiger partial charge >= 0.3 is 5.97 Å². The number of carbonyl (C=O) groups is 1. The third-order valence-corrected chi connectivity index (χ3v) is 2.64. The minimum atomic E-state index is -1.14. The number of rotatable bonds is 2. The summed E-state index contributed by atoms with van der Waals surface area (Å²) in [5, 5.41) is 14.5. The summed E-state index contributed by atoms with van der Waals surface area (Å²) in [4.78, 5) is 10.7. The highest BCUT2D eigenvalue weighted by molar-refractivity contribution is 6.35. The number of benzene rings is 1. The van der Waals surface area contributed by atoms with E-state index in [1.807, 2.05) is 0 Å². The van der Waals surface area contributed by atoms with E-state index in [9.17, 15) is 9.18 Å². The zero-order chi connectivity index (χ0) is 12.6. The topological polar surface area (TPSA) is 66.0 Å². The molecule has 0 saturated carbocycles. The van der Waals surface area contributed by atoms with E-state index in [0.717, 1.165) is 0 Å². The monoisotopic (exact) mass is 274 g/mol. The normalized spacial score (nSPS) is 10.5. The van der Waals surface area contributed by atoms with Crippen molar-refractivity contribution in [1.29, 1.82) is 0 Å². The SMILES string of the molecule is O=C(O)c1cc(-c2cc(Cl)c(F)c(Cl)c2)n[nH]1. The predicted octanol–water partition coefficient (Wildman–Crippen LogP) is 3.22. The highest BCUT2D eigenvalue weighted by Crippen LogP contribution is 2.29. The maximum atomic E-state index is 13.2. The van der Waals surface area contributed by atoms with Crippen LogP contribution in [0.1, 0.15) is 10.5 Å². The summed E-state index contributed by atoms with van der Waals surface area (Å²) in [7, 11) is 0. The summed E-state index contributed by atoms with van der Waals surface area (Å²) in [6, 6.07) is 3.96. The second kappa shape index (κ2) is 4.35. The molecule has 2 N–H and O–H groups in total. The second-order valence-electron chi connectivity index (χ2n) is 3.23. The Balaban J connectivity index is 2.49. The molecule has 2 aromatic rings. The number of carboxylic acid groups (broad SMARTS) is 1. The Kier molecular flexibility index (Phi) is 3.04. The van der Waals surface area contributed by atoms with Crippen molar-refractivity contribution in [2.75, 3.05) is 0 Å². The molecular formula is C10H5Cl2FN2O2. The molecule has 0 amide bonds. The first kappa shape index (κ1) is 11.9. The van der Waals surface area contributed by atoms with Gasteiger partial charge in [0, 0.05) is 5.56 Å². The van der Waals surface area contributed by atoms with E-state index in [2.05, 4.69) is 10.2 Å².